The molecular weight excluding hydrogens is 242 g/mol. The molecule has 1 fully saturated rings. The summed E-state index contributed by atoms with van der Waals surface area (Å²) in [6, 6.07) is 14.4. The van der Waals surface area contributed by atoms with E-state index in [0.29, 0.717) is 0 Å². The minimum absolute atomic E-state index is 0.177. The first-order valence-electron chi connectivity index (χ1n) is 6.25. The van der Waals surface area contributed by atoms with Crippen LogP contribution in [0.15, 0.2) is 47.8 Å². The van der Waals surface area contributed by atoms with Gasteiger partial charge in [-0.2, -0.15) is 0 Å². The van der Waals surface area contributed by atoms with Crippen LogP contribution in [0, 0.1) is 0 Å². The van der Waals surface area contributed by atoms with Crippen LogP contribution < -0.4 is 0 Å². The molecular formula is C15H15NOS. The fraction of sp³-hybridized carbons (Fsp3) is 0.267. The molecule has 2 aromatic rings. The lowest BCUT2D eigenvalue weighted by molar-refractivity contribution is 0.0740. The van der Waals surface area contributed by atoms with Gasteiger partial charge < -0.3 is 4.90 Å². The second-order valence-electron chi connectivity index (χ2n) is 4.54. The Kier molecular flexibility index (Phi) is 3.15. The van der Waals surface area contributed by atoms with E-state index in [1.54, 1.807) is 0 Å². The average Bonchev–Trinajstić information content (AvgIpc) is 3.10. The monoisotopic (exact) mass is 257 g/mol. The van der Waals surface area contributed by atoms with Gasteiger partial charge in [0.25, 0.3) is 5.91 Å². The first-order chi connectivity index (χ1) is 8.86. The van der Waals surface area contributed by atoms with Crippen LogP contribution in [0.1, 0.15) is 34.1 Å². The van der Waals surface area contributed by atoms with Gasteiger partial charge in [-0.25, -0.2) is 0 Å². The Morgan fingerprint density at radius 3 is 2.72 bits per heavy atom. The molecule has 1 unspecified atom stereocenters. The molecule has 1 aromatic carbocycles. The number of rotatable bonds is 2. The van der Waals surface area contributed by atoms with Crippen molar-refractivity contribution in [3.63, 3.8) is 0 Å². The zero-order valence-electron chi connectivity index (χ0n) is 10.1. The third kappa shape index (κ3) is 2.06. The lowest BCUT2D eigenvalue weighted by Crippen LogP contribution is -2.29. The van der Waals surface area contributed by atoms with E-state index < -0.39 is 0 Å². The maximum absolute atomic E-state index is 12.4. The number of amides is 1. The zero-order valence-corrected chi connectivity index (χ0v) is 10.9. The molecule has 0 radical (unpaired) electrons. The normalized spacial score (nSPS) is 19.1. The third-order valence-electron chi connectivity index (χ3n) is 3.43. The summed E-state index contributed by atoms with van der Waals surface area (Å²) < 4.78 is 0. The molecule has 1 atom stereocenters. The van der Waals surface area contributed by atoms with Crippen LogP contribution in [0.4, 0.5) is 0 Å². The van der Waals surface area contributed by atoms with Gasteiger partial charge in [-0.1, -0.05) is 36.4 Å². The Hall–Kier alpha value is -1.61. The van der Waals surface area contributed by atoms with Crippen molar-refractivity contribution in [3.05, 3.63) is 58.3 Å². The second kappa shape index (κ2) is 4.94. The first kappa shape index (κ1) is 11.5. The third-order valence-corrected chi connectivity index (χ3v) is 4.29. The maximum Gasteiger partial charge on any atom is 0.264 e. The van der Waals surface area contributed by atoms with Crippen LogP contribution in [-0.2, 0) is 0 Å². The van der Waals surface area contributed by atoms with Crippen molar-refractivity contribution in [2.24, 2.45) is 0 Å². The predicted octanol–water partition coefficient (Wildman–Crippen LogP) is 3.73. The summed E-state index contributed by atoms with van der Waals surface area (Å²) in [6.45, 7) is 0.871. The Morgan fingerprint density at radius 2 is 2.00 bits per heavy atom. The quantitative estimate of drug-likeness (QED) is 0.803. The molecule has 3 heteroatoms. The van der Waals surface area contributed by atoms with Gasteiger partial charge in [0.1, 0.15) is 0 Å². The molecule has 18 heavy (non-hydrogen) atoms. The molecule has 3 rings (SSSR count). The SMILES string of the molecule is O=C(c1cccs1)N1CCCC1c1ccccc1. The molecule has 0 N–H and O–H groups in total. The number of hydrogen-bond donors (Lipinski definition) is 0. The Bertz CT molecular complexity index is 521. The molecule has 1 aromatic heterocycles. The van der Waals surface area contributed by atoms with Gasteiger partial charge in [0.2, 0.25) is 0 Å². The molecule has 0 bridgehead atoms. The number of carbonyl (C=O) groups excluding carboxylic acids is 1. The van der Waals surface area contributed by atoms with E-state index >= 15 is 0 Å². The predicted molar refractivity (Wildman–Crippen MR) is 73.8 cm³/mol. The van der Waals surface area contributed by atoms with Crippen LogP contribution >= 0.6 is 11.3 Å². The van der Waals surface area contributed by atoms with Crippen molar-refractivity contribution in [2.75, 3.05) is 6.54 Å². The summed E-state index contributed by atoms with van der Waals surface area (Å²) in [5, 5.41) is 1.96. The largest absolute Gasteiger partial charge is 0.331 e. The highest BCUT2D eigenvalue weighted by Gasteiger charge is 2.30. The number of likely N-dealkylation sites (tertiary alicyclic amines) is 1. The summed E-state index contributed by atoms with van der Waals surface area (Å²) in [5.41, 5.74) is 1.25. The molecule has 1 saturated heterocycles. The van der Waals surface area contributed by atoms with Gasteiger partial charge in [-0.05, 0) is 29.9 Å². The highest BCUT2D eigenvalue weighted by molar-refractivity contribution is 7.12. The van der Waals surface area contributed by atoms with Crippen molar-refractivity contribution in [1.82, 2.24) is 4.90 Å². The summed E-state index contributed by atoms with van der Waals surface area (Å²) in [6.07, 6.45) is 2.16. The van der Waals surface area contributed by atoms with Gasteiger partial charge in [0.15, 0.2) is 0 Å². The number of thiophene rings is 1. The topological polar surface area (TPSA) is 20.3 Å². The van der Waals surface area contributed by atoms with Crippen LogP contribution in [-0.4, -0.2) is 17.4 Å². The molecule has 92 valence electrons. The standard InChI is InChI=1S/C15H15NOS/c17-15(14-9-5-11-18-14)16-10-4-8-13(16)12-6-2-1-3-7-12/h1-3,5-7,9,11,13H,4,8,10H2. The highest BCUT2D eigenvalue weighted by atomic mass is 32.1. The summed E-state index contributed by atoms with van der Waals surface area (Å²) in [4.78, 5) is 15.3. The summed E-state index contributed by atoms with van der Waals surface area (Å²) in [5.74, 6) is 0.177. The minimum Gasteiger partial charge on any atom is -0.331 e. The summed E-state index contributed by atoms with van der Waals surface area (Å²) in [7, 11) is 0. The molecule has 1 amide bonds. The van der Waals surface area contributed by atoms with Crippen molar-refractivity contribution >= 4 is 17.2 Å². The van der Waals surface area contributed by atoms with Gasteiger partial charge in [0.05, 0.1) is 10.9 Å². The van der Waals surface area contributed by atoms with E-state index in [-0.39, 0.29) is 11.9 Å². The zero-order chi connectivity index (χ0) is 12.4. The van der Waals surface area contributed by atoms with Gasteiger partial charge in [-0.15, -0.1) is 11.3 Å². The molecule has 2 heterocycles. The van der Waals surface area contributed by atoms with Crippen molar-refractivity contribution in [3.8, 4) is 0 Å². The molecule has 2 nitrogen and oxygen atoms in total. The molecule has 0 aliphatic carbocycles. The fourth-order valence-electron chi connectivity index (χ4n) is 2.57. The van der Waals surface area contributed by atoms with Gasteiger partial charge >= 0.3 is 0 Å². The second-order valence-corrected chi connectivity index (χ2v) is 5.49. The van der Waals surface area contributed by atoms with Crippen LogP contribution in [0.2, 0.25) is 0 Å². The van der Waals surface area contributed by atoms with E-state index in [1.165, 1.54) is 16.9 Å². The number of hydrogen-bond acceptors (Lipinski definition) is 2. The maximum atomic E-state index is 12.4. The Morgan fingerprint density at radius 1 is 1.17 bits per heavy atom. The van der Waals surface area contributed by atoms with Crippen molar-refractivity contribution in [2.45, 2.75) is 18.9 Å². The van der Waals surface area contributed by atoms with Crippen LogP contribution in [0.25, 0.3) is 0 Å². The first-order valence-corrected chi connectivity index (χ1v) is 7.13. The number of carbonyl (C=O) groups is 1. The lowest BCUT2D eigenvalue weighted by atomic mass is 10.0. The molecule has 0 spiro atoms. The van der Waals surface area contributed by atoms with E-state index in [9.17, 15) is 4.79 Å². The molecule has 1 aliphatic rings. The fourth-order valence-corrected chi connectivity index (χ4v) is 3.25. The van der Waals surface area contributed by atoms with Gasteiger partial charge in [0, 0.05) is 6.54 Å². The Balaban J connectivity index is 1.86. The smallest absolute Gasteiger partial charge is 0.264 e. The Labute approximate surface area is 111 Å². The van der Waals surface area contributed by atoms with E-state index in [2.05, 4.69) is 12.1 Å². The number of nitrogens with zero attached hydrogens (tertiary/aromatic N) is 1. The van der Waals surface area contributed by atoms with E-state index in [1.807, 2.05) is 40.6 Å². The number of benzene rings is 1. The minimum atomic E-state index is 0.177. The van der Waals surface area contributed by atoms with Crippen molar-refractivity contribution < 1.29 is 4.79 Å². The molecule has 0 saturated carbocycles. The van der Waals surface area contributed by atoms with Crippen molar-refractivity contribution in [1.29, 1.82) is 0 Å². The van der Waals surface area contributed by atoms with Crippen LogP contribution in [0.3, 0.4) is 0 Å². The van der Waals surface area contributed by atoms with Gasteiger partial charge in [-0.3, -0.25) is 4.79 Å². The van der Waals surface area contributed by atoms with Crippen LogP contribution in [0.5, 0.6) is 0 Å². The van der Waals surface area contributed by atoms with E-state index in [0.717, 1.165) is 24.3 Å². The molecule has 1 aliphatic heterocycles. The highest BCUT2D eigenvalue weighted by Crippen LogP contribution is 2.33. The van der Waals surface area contributed by atoms with E-state index in [4.69, 9.17) is 0 Å². The summed E-state index contributed by atoms with van der Waals surface area (Å²) >= 11 is 1.52. The lowest BCUT2D eigenvalue weighted by Gasteiger charge is -2.24. The average molecular weight is 257 g/mol.